The molecule has 0 aliphatic heterocycles. The van der Waals surface area contributed by atoms with Crippen molar-refractivity contribution in [3.63, 3.8) is 0 Å². The van der Waals surface area contributed by atoms with Gasteiger partial charge >= 0.3 is 0 Å². The number of hydrogen-bond acceptors (Lipinski definition) is 4. The van der Waals surface area contributed by atoms with E-state index in [-0.39, 0.29) is 12.4 Å². The second-order valence-electron chi connectivity index (χ2n) is 3.87. The maximum absolute atomic E-state index is 12.0. The number of rotatable bonds is 6. The van der Waals surface area contributed by atoms with Crippen LogP contribution in [0.25, 0.3) is 0 Å². The molecule has 0 aliphatic carbocycles. The van der Waals surface area contributed by atoms with Gasteiger partial charge in [0.1, 0.15) is 11.5 Å². The summed E-state index contributed by atoms with van der Waals surface area (Å²) < 4.78 is 10.7. The summed E-state index contributed by atoms with van der Waals surface area (Å²) in [6.45, 7) is 2.41. The van der Waals surface area contributed by atoms with Crippen LogP contribution in [0.1, 0.15) is 17.3 Å². The highest BCUT2D eigenvalue weighted by Crippen LogP contribution is 2.13. The third-order valence-corrected chi connectivity index (χ3v) is 2.46. The minimum atomic E-state index is -0.127. The van der Waals surface area contributed by atoms with Crippen molar-refractivity contribution >= 4 is 5.78 Å². The Morgan fingerprint density at radius 3 is 2.63 bits per heavy atom. The van der Waals surface area contributed by atoms with E-state index >= 15 is 0 Å². The minimum Gasteiger partial charge on any atom is -0.492 e. The van der Waals surface area contributed by atoms with Gasteiger partial charge in [0.25, 0.3) is 0 Å². The Hall–Kier alpha value is -2.36. The number of benzene rings is 1. The Bertz CT molecular complexity index is 540. The summed E-state index contributed by atoms with van der Waals surface area (Å²) in [7, 11) is 0. The summed E-state index contributed by atoms with van der Waals surface area (Å²) in [6, 6.07) is 10.9. The lowest BCUT2D eigenvalue weighted by molar-refractivity contribution is 0.0920. The molecule has 2 rings (SSSR count). The molecule has 1 heterocycles. The molecule has 4 nitrogen and oxygen atoms in total. The number of carbonyl (C=O) groups excluding carboxylic acids is 1. The predicted molar refractivity (Wildman–Crippen MR) is 71.7 cm³/mol. The van der Waals surface area contributed by atoms with E-state index in [0.717, 1.165) is 0 Å². The second-order valence-corrected chi connectivity index (χ2v) is 3.87. The summed E-state index contributed by atoms with van der Waals surface area (Å²) in [6.07, 6.45) is 3.09. The van der Waals surface area contributed by atoms with Gasteiger partial charge in [-0.05, 0) is 25.1 Å². The average molecular weight is 257 g/mol. The van der Waals surface area contributed by atoms with Crippen LogP contribution in [0.5, 0.6) is 11.5 Å². The number of ether oxygens (including phenoxy) is 2. The monoisotopic (exact) mass is 257 g/mol. The first-order valence-electron chi connectivity index (χ1n) is 6.08. The van der Waals surface area contributed by atoms with Gasteiger partial charge in [-0.15, -0.1) is 0 Å². The molecule has 0 saturated heterocycles. The lowest BCUT2D eigenvalue weighted by Gasteiger charge is -2.06. The fourth-order valence-corrected chi connectivity index (χ4v) is 1.57. The molecule has 0 N–H and O–H groups in total. The molecule has 0 spiro atoms. The number of Topliss-reactive ketones (excluding diaryl/α,β-unsaturated/α-hetero) is 1. The fraction of sp³-hybridized carbons (Fsp3) is 0.200. The lowest BCUT2D eigenvalue weighted by Crippen LogP contribution is -2.12. The number of ketones is 1. The largest absolute Gasteiger partial charge is 0.492 e. The molecular weight excluding hydrogens is 242 g/mol. The molecule has 19 heavy (non-hydrogen) atoms. The number of aromatic nitrogens is 1. The predicted octanol–water partition coefficient (Wildman–Crippen LogP) is 2.74. The molecule has 0 radical (unpaired) electrons. The maximum Gasteiger partial charge on any atom is 0.201 e. The van der Waals surface area contributed by atoms with Gasteiger partial charge in [-0.3, -0.25) is 9.78 Å². The van der Waals surface area contributed by atoms with E-state index in [2.05, 4.69) is 4.98 Å². The molecule has 0 unspecified atom stereocenters. The van der Waals surface area contributed by atoms with Crippen molar-refractivity contribution < 1.29 is 14.3 Å². The smallest absolute Gasteiger partial charge is 0.201 e. The molecule has 4 heteroatoms. The Balaban J connectivity index is 1.98. The summed E-state index contributed by atoms with van der Waals surface area (Å²) >= 11 is 0. The first-order valence-corrected chi connectivity index (χ1v) is 6.08. The Morgan fingerprint density at radius 2 is 1.89 bits per heavy atom. The zero-order chi connectivity index (χ0) is 13.5. The quantitative estimate of drug-likeness (QED) is 0.746. The standard InChI is InChI=1S/C15H15NO3/c1-2-18-14-8-12(9-16-10-14)15(17)11-19-13-6-4-3-5-7-13/h3-10H,2,11H2,1H3. The minimum absolute atomic E-state index is 0.0126. The fourth-order valence-electron chi connectivity index (χ4n) is 1.57. The molecule has 0 fully saturated rings. The van der Waals surface area contributed by atoms with Crippen LogP contribution in [0, 0.1) is 0 Å². The molecule has 0 bridgehead atoms. The van der Waals surface area contributed by atoms with Crippen LogP contribution in [0.15, 0.2) is 48.8 Å². The van der Waals surface area contributed by atoms with E-state index in [1.165, 1.54) is 6.20 Å². The summed E-state index contributed by atoms with van der Waals surface area (Å²) in [5.74, 6) is 1.13. The topological polar surface area (TPSA) is 48.4 Å². The van der Waals surface area contributed by atoms with Crippen molar-refractivity contribution in [3.8, 4) is 11.5 Å². The van der Waals surface area contributed by atoms with E-state index < -0.39 is 0 Å². The van der Waals surface area contributed by atoms with Gasteiger partial charge in [0.15, 0.2) is 6.61 Å². The van der Waals surface area contributed by atoms with Gasteiger partial charge in [-0.1, -0.05) is 18.2 Å². The third-order valence-electron chi connectivity index (χ3n) is 2.46. The van der Waals surface area contributed by atoms with Crippen LogP contribution in [0.4, 0.5) is 0 Å². The number of pyridine rings is 1. The molecule has 2 aromatic rings. The first kappa shape index (κ1) is 13.1. The van der Waals surface area contributed by atoms with Crippen molar-refractivity contribution in [1.29, 1.82) is 0 Å². The number of para-hydroxylation sites is 1. The van der Waals surface area contributed by atoms with Gasteiger partial charge in [0, 0.05) is 11.8 Å². The van der Waals surface area contributed by atoms with Crippen molar-refractivity contribution in [1.82, 2.24) is 4.98 Å². The van der Waals surface area contributed by atoms with Gasteiger partial charge in [0.05, 0.1) is 12.8 Å². The van der Waals surface area contributed by atoms with E-state index in [1.807, 2.05) is 37.3 Å². The zero-order valence-electron chi connectivity index (χ0n) is 10.7. The molecule has 0 amide bonds. The van der Waals surface area contributed by atoms with Gasteiger partial charge in [-0.2, -0.15) is 0 Å². The van der Waals surface area contributed by atoms with E-state index in [0.29, 0.717) is 23.7 Å². The van der Waals surface area contributed by atoms with Crippen LogP contribution < -0.4 is 9.47 Å². The van der Waals surface area contributed by atoms with Crippen LogP contribution in [-0.4, -0.2) is 24.0 Å². The maximum atomic E-state index is 12.0. The van der Waals surface area contributed by atoms with E-state index in [9.17, 15) is 4.79 Å². The lowest BCUT2D eigenvalue weighted by atomic mass is 10.2. The van der Waals surface area contributed by atoms with Crippen molar-refractivity contribution in [2.24, 2.45) is 0 Å². The molecule has 0 saturated carbocycles. The number of hydrogen-bond donors (Lipinski definition) is 0. The van der Waals surface area contributed by atoms with Gasteiger partial charge < -0.3 is 9.47 Å². The van der Waals surface area contributed by atoms with Gasteiger partial charge in [0.2, 0.25) is 5.78 Å². The Morgan fingerprint density at radius 1 is 1.11 bits per heavy atom. The number of nitrogens with zero attached hydrogens (tertiary/aromatic N) is 1. The van der Waals surface area contributed by atoms with Crippen molar-refractivity contribution in [2.45, 2.75) is 6.92 Å². The highest BCUT2D eigenvalue weighted by Gasteiger charge is 2.08. The molecular formula is C15H15NO3. The van der Waals surface area contributed by atoms with Crippen LogP contribution in [-0.2, 0) is 0 Å². The van der Waals surface area contributed by atoms with Gasteiger partial charge in [-0.25, -0.2) is 0 Å². The zero-order valence-corrected chi connectivity index (χ0v) is 10.7. The molecule has 1 aromatic carbocycles. The SMILES string of the molecule is CCOc1cncc(C(=O)COc2ccccc2)c1. The van der Waals surface area contributed by atoms with Crippen molar-refractivity contribution in [2.75, 3.05) is 13.2 Å². The van der Waals surface area contributed by atoms with Crippen LogP contribution in [0.2, 0.25) is 0 Å². The summed E-state index contributed by atoms with van der Waals surface area (Å²) in [4.78, 5) is 15.9. The van der Waals surface area contributed by atoms with E-state index in [1.54, 1.807) is 12.3 Å². The Kier molecular flexibility index (Phi) is 4.50. The van der Waals surface area contributed by atoms with Crippen LogP contribution >= 0.6 is 0 Å². The first-order chi connectivity index (χ1) is 9.29. The number of carbonyl (C=O) groups is 1. The third kappa shape index (κ3) is 3.81. The Labute approximate surface area is 112 Å². The van der Waals surface area contributed by atoms with Crippen molar-refractivity contribution in [3.05, 3.63) is 54.4 Å². The molecule has 0 atom stereocenters. The normalized spacial score (nSPS) is 9.95. The molecule has 1 aromatic heterocycles. The average Bonchev–Trinajstić information content (AvgIpc) is 2.46. The highest BCUT2D eigenvalue weighted by molar-refractivity contribution is 5.97. The summed E-state index contributed by atoms with van der Waals surface area (Å²) in [5.41, 5.74) is 0.488. The molecule has 0 aliphatic rings. The molecule has 98 valence electrons. The second kappa shape index (κ2) is 6.54. The summed E-state index contributed by atoms with van der Waals surface area (Å²) in [5, 5.41) is 0. The van der Waals surface area contributed by atoms with E-state index in [4.69, 9.17) is 9.47 Å². The highest BCUT2D eigenvalue weighted by atomic mass is 16.5. The van der Waals surface area contributed by atoms with Crippen LogP contribution in [0.3, 0.4) is 0 Å².